The Balaban J connectivity index is 1.67. The van der Waals surface area contributed by atoms with Crippen molar-refractivity contribution in [2.75, 3.05) is 16.8 Å². The maximum atomic E-state index is 12.6. The molecule has 10 heteroatoms. The van der Waals surface area contributed by atoms with E-state index in [0.29, 0.717) is 16.4 Å². The summed E-state index contributed by atoms with van der Waals surface area (Å²) in [5.74, 6) is -1.77. The summed E-state index contributed by atoms with van der Waals surface area (Å²) in [5.41, 5.74) is 1.91. The Morgan fingerprint density at radius 2 is 1.80 bits per heavy atom. The van der Waals surface area contributed by atoms with E-state index in [2.05, 4.69) is 5.32 Å². The molecule has 2 aromatic rings. The molecule has 0 aromatic heterocycles. The third-order valence-corrected chi connectivity index (χ3v) is 6.53. The minimum absolute atomic E-state index is 0.0618. The van der Waals surface area contributed by atoms with Gasteiger partial charge in [-0.05, 0) is 48.9 Å². The van der Waals surface area contributed by atoms with Gasteiger partial charge >= 0.3 is 0 Å². The second-order valence-corrected chi connectivity index (χ2v) is 9.10. The first-order valence-corrected chi connectivity index (χ1v) is 10.9. The first kappa shape index (κ1) is 21.8. The Labute approximate surface area is 179 Å². The van der Waals surface area contributed by atoms with Gasteiger partial charge in [0.05, 0.1) is 10.8 Å². The molecule has 0 spiro atoms. The summed E-state index contributed by atoms with van der Waals surface area (Å²) < 4.78 is 25.8. The summed E-state index contributed by atoms with van der Waals surface area (Å²) >= 11 is 6.14. The van der Waals surface area contributed by atoms with Crippen molar-refractivity contribution in [3.05, 3.63) is 53.1 Å². The van der Waals surface area contributed by atoms with Gasteiger partial charge in [-0.25, -0.2) is 13.1 Å². The zero-order chi connectivity index (χ0) is 22.1. The fourth-order valence-electron chi connectivity index (χ4n) is 3.09. The van der Waals surface area contributed by atoms with E-state index in [4.69, 9.17) is 11.6 Å². The lowest BCUT2D eigenvalue weighted by atomic mass is 10.1. The molecule has 1 atom stereocenters. The SMILES string of the molecule is CC(=O)NS(=O)(=O)c1ccc(NC(=O)[C@@H]2CC(=O)N(c3ccc(C)c(Cl)c3)C2)cc1. The van der Waals surface area contributed by atoms with Crippen LogP contribution in [0.25, 0.3) is 0 Å². The molecule has 2 aromatic carbocycles. The molecule has 0 bridgehead atoms. The van der Waals surface area contributed by atoms with Crippen molar-refractivity contribution >= 4 is 50.7 Å². The van der Waals surface area contributed by atoms with Gasteiger partial charge in [0, 0.05) is 36.3 Å². The van der Waals surface area contributed by atoms with Crippen molar-refractivity contribution < 1.29 is 22.8 Å². The van der Waals surface area contributed by atoms with E-state index >= 15 is 0 Å². The summed E-state index contributed by atoms with van der Waals surface area (Å²) in [5, 5.41) is 3.23. The summed E-state index contributed by atoms with van der Waals surface area (Å²) in [6.07, 6.45) is 0.0618. The van der Waals surface area contributed by atoms with Gasteiger partial charge in [0.2, 0.25) is 17.7 Å². The van der Waals surface area contributed by atoms with Crippen LogP contribution in [0.2, 0.25) is 5.02 Å². The standard InChI is InChI=1S/C20H20ClN3O5S/c1-12-3-6-16(10-18(12)21)24-11-14(9-19(24)26)20(27)22-15-4-7-17(8-5-15)30(28,29)23-13(2)25/h3-8,10,14H,9,11H2,1-2H3,(H,22,27)(H,23,25)/t14-/m1/s1. The maximum Gasteiger partial charge on any atom is 0.264 e. The highest BCUT2D eigenvalue weighted by molar-refractivity contribution is 7.90. The Morgan fingerprint density at radius 1 is 1.13 bits per heavy atom. The van der Waals surface area contributed by atoms with Crippen LogP contribution in [-0.2, 0) is 24.4 Å². The summed E-state index contributed by atoms with van der Waals surface area (Å²) in [7, 11) is -3.95. The van der Waals surface area contributed by atoms with Crippen molar-refractivity contribution in [1.82, 2.24) is 4.72 Å². The Hall–Kier alpha value is -2.91. The highest BCUT2D eigenvalue weighted by Crippen LogP contribution is 2.29. The van der Waals surface area contributed by atoms with E-state index in [1.807, 2.05) is 17.7 Å². The Kier molecular flexibility index (Phi) is 6.14. The highest BCUT2D eigenvalue weighted by Gasteiger charge is 2.35. The molecule has 2 N–H and O–H groups in total. The number of amides is 3. The van der Waals surface area contributed by atoms with Gasteiger partial charge in [0.25, 0.3) is 10.0 Å². The van der Waals surface area contributed by atoms with E-state index in [1.165, 1.54) is 29.2 Å². The van der Waals surface area contributed by atoms with Crippen molar-refractivity contribution in [3.8, 4) is 0 Å². The van der Waals surface area contributed by atoms with Crippen LogP contribution in [0.4, 0.5) is 11.4 Å². The van der Waals surface area contributed by atoms with Gasteiger partial charge in [0.15, 0.2) is 0 Å². The molecule has 3 amide bonds. The van der Waals surface area contributed by atoms with Crippen LogP contribution in [0, 0.1) is 12.8 Å². The van der Waals surface area contributed by atoms with Crippen molar-refractivity contribution in [2.24, 2.45) is 5.92 Å². The molecule has 1 aliphatic rings. The number of anilines is 2. The first-order valence-electron chi connectivity index (χ1n) is 9.07. The number of sulfonamides is 1. The average molecular weight is 450 g/mol. The summed E-state index contributed by atoms with van der Waals surface area (Å²) in [4.78, 5) is 37.4. The van der Waals surface area contributed by atoms with Gasteiger partial charge < -0.3 is 10.2 Å². The molecule has 1 fully saturated rings. The van der Waals surface area contributed by atoms with Crippen LogP contribution < -0.4 is 14.9 Å². The van der Waals surface area contributed by atoms with E-state index in [1.54, 1.807) is 12.1 Å². The molecule has 1 saturated heterocycles. The lowest BCUT2D eigenvalue weighted by molar-refractivity contribution is -0.122. The van der Waals surface area contributed by atoms with Crippen molar-refractivity contribution in [3.63, 3.8) is 0 Å². The second kappa shape index (κ2) is 8.45. The molecule has 0 saturated carbocycles. The zero-order valence-electron chi connectivity index (χ0n) is 16.3. The fraction of sp³-hybridized carbons (Fsp3) is 0.250. The number of nitrogens with one attached hydrogen (secondary N) is 2. The number of hydrogen-bond donors (Lipinski definition) is 2. The van der Waals surface area contributed by atoms with Crippen molar-refractivity contribution in [2.45, 2.75) is 25.2 Å². The Bertz CT molecular complexity index is 1120. The van der Waals surface area contributed by atoms with Gasteiger partial charge in [-0.15, -0.1) is 0 Å². The van der Waals surface area contributed by atoms with Gasteiger partial charge in [-0.1, -0.05) is 17.7 Å². The topological polar surface area (TPSA) is 113 Å². The van der Waals surface area contributed by atoms with E-state index in [-0.39, 0.29) is 29.7 Å². The number of carbonyl (C=O) groups excluding carboxylic acids is 3. The fourth-order valence-corrected chi connectivity index (χ4v) is 4.26. The number of halogens is 1. The molecule has 1 heterocycles. The van der Waals surface area contributed by atoms with Gasteiger partial charge in [-0.3, -0.25) is 14.4 Å². The predicted octanol–water partition coefficient (Wildman–Crippen LogP) is 2.46. The van der Waals surface area contributed by atoms with Gasteiger partial charge in [-0.2, -0.15) is 0 Å². The number of nitrogens with zero attached hydrogens (tertiary/aromatic N) is 1. The zero-order valence-corrected chi connectivity index (χ0v) is 17.9. The van der Waals surface area contributed by atoms with Crippen LogP contribution in [-0.4, -0.2) is 32.7 Å². The van der Waals surface area contributed by atoms with Crippen LogP contribution in [0.3, 0.4) is 0 Å². The molecule has 3 rings (SSSR count). The third kappa shape index (κ3) is 4.80. The monoisotopic (exact) mass is 449 g/mol. The number of benzene rings is 2. The molecular weight excluding hydrogens is 430 g/mol. The van der Waals surface area contributed by atoms with Crippen LogP contribution >= 0.6 is 11.6 Å². The molecule has 8 nitrogen and oxygen atoms in total. The molecule has 0 unspecified atom stereocenters. The maximum absolute atomic E-state index is 12.6. The van der Waals surface area contributed by atoms with Crippen LogP contribution in [0.1, 0.15) is 18.9 Å². The number of hydrogen-bond acceptors (Lipinski definition) is 5. The summed E-state index contributed by atoms with van der Waals surface area (Å²) in [6, 6.07) is 10.7. The Morgan fingerprint density at radius 3 is 2.40 bits per heavy atom. The molecule has 1 aliphatic heterocycles. The number of rotatable bonds is 5. The lowest BCUT2D eigenvalue weighted by Crippen LogP contribution is -2.28. The molecule has 0 radical (unpaired) electrons. The predicted molar refractivity (Wildman–Crippen MR) is 113 cm³/mol. The van der Waals surface area contributed by atoms with Crippen LogP contribution in [0.15, 0.2) is 47.4 Å². The van der Waals surface area contributed by atoms with E-state index < -0.39 is 21.8 Å². The summed E-state index contributed by atoms with van der Waals surface area (Å²) in [6.45, 7) is 3.18. The molecular formula is C20H20ClN3O5S. The van der Waals surface area contributed by atoms with E-state index in [9.17, 15) is 22.8 Å². The lowest BCUT2D eigenvalue weighted by Gasteiger charge is -2.17. The average Bonchev–Trinajstić information content (AvgIpc) is 3.05. The molecule has 30 heavy (non-hydrogen) atoms. The number of aryl methyl sites for hydroxylation is 1. The first-order chi connectivity index (χ1) is 14.1. The molecule has 158 valence electrons. The number of carbonyl (C=O) groups is 3. The largest absolute Gasteiger partial charge is 0.326 e. The van der Waals surface area contributed by atoms with Crippen molar-refractivity contribution in [1.29, 1.82) is 0 Å². The normalized spacial score (nSPS) is 16.4. The van der Waals surface area contributed by atoms with Crippen LogP contribution in [0.5, 0.6) is 0 Å². The molecule has 0 aliphatic carbocycles. The third-order valence-electron chi connectivity index (χ3n) is 4.67. The quantitative estimate of drug-likeness (QED) is 0.728. The minimum Gasteiger partial charge on any atom is -0.326 e. The smallest absolute Gasteiger partial charge is 0.264 e. The highest BCUT2D eigenvalue weighted by atomic mass is 35.5. The van der Waals surface area contributed by atoms with Gasteiger partial charge in [0.1, 0.15) is 0 Å². The second-order valence-electron chi connectivity index (χ2n) is 7.01. The van der Waals surface area contributed by atoms with E-state index in [0.717, 1.165) is 12.5 Å². The minimum atomic E-state index is -3.95.